The number of hydrogen-bond donors (Lipinski definition) is 0. The molecule has 0 spiro atoms. The third-order valence-corrected chi connectivity index (χ3v) is 3.48. The molecular formula is C9H4BrFOS. The van der Waals surface area contributed by atoms with Crippen molar-refractivity contribution in [1.29, 1.82) is 0 Å². The van der Waals surface area contributed by atoms with E-state index in [1.165, 1.54) is 17.4 Å². The van der Waals surface area contributed by atoms with Crippen molar-refractivity contribution in [3.8, 4) is 0 Å². The highest BCUT2D eigenvalue weighted by atomic mass is 79.9. The topological polar surface area (TPSA) is 17.1 Å². The highest BCUT2D eigenvalue weighted by Gasteiger charge is 2.10. The Morgan fingerprint density at radius 1 is 1.54 bits per heavy atom. The van der Waals surface area contributed by atoms with Crippen molar-refractivity contribution in [2.75, 3.05) is 0 Å². The van der Waals surface area contributed by atoms with Crippen LogP contribution in [0.2, 0.25) is 0 Å². The van der Waals surface area contributed by atoms with Crippen LogP contribution in [0, 0.1) is 5.82 Å². The Bertz CT molecular complexity index is 478. The van der Waals surface area contributed by atoms with Gasteiger partial charge >= 0.3 is 0 Å². The SMILES string of the molecule is O=Cc1c(Br)c(F)cc2sccc12. The quantitative estimate of drug-likeness (QED) is 0.715. The summed E-state index contributed by atoms with van der Waals surface area (Å²) in [6.45, 7) is 0. The number of thiophene rings is 1. The molecule has 2 rings (SSSR count). The van der Waals surface area contributed by atoms with Gasteiger partial charge in [-0.25, -0.2) is 4.39 Å². The minimum absolute atomic E-state index is 0.244. The zero-order valence-electron chi connectivity index (χ0n) is 6.38. The Balaban J connectivity index is 2.95. The van der Waals surface area contributed by atoms with Crippen LogP contribution in [0.25, 0.3) is 10.1 Å². The average Bonchev–Trinajstić information content (AvgIpc) is 2.54. The predicted octanol–water partition coefficient (Wildman–Crippen LogP) is 3.62. The van der Waals surface area contributed by atoms with E-state index in [0.717, 1.165) is 10.1 Å². The van der Waals surface area contributed by atoms with Gasteiger partial charge in [-0.1, -0.05) is 0 Å². The molecule has 0 saturated carbocycles. The first kappa shape index (κ1) is 8.84. The number of benzene rings is 1. The van der Waals surface area contributed by atoms with E-state index in [1.54, 1.807) is 0 Å². The minimum atomic E-state index is -0.392. The zero-order valence-corrected chi connectivity index (χ0v) is 8.78. The van der Waals surface area contributed by atoms with Crippen LogP contribution >= 0.6 is 27.3 Å². The van der Waals surface area contributed by atoms with Crippen LogP contribution in [-0.2, 0) is 0 Å². The summed E-state index contributed by atoms with van der Waals surface area (Å²) in [6, 6.07) is 3.24. The Morgan fingerprint density at radius 2 is 2.31 bits per heavy atom. The van der Waals surface area contributed by atoms with E-state index in [-0.39, 0.29) is 4.47 Å². The van der Waals surface area contributed by atoms with Gasteiger partial charge < -0.3 is 0 Å². The van der Waals surface area contributed by atoms with E-state index in [9.17, 15) is 9.18 Å². The molecule has 0 aliphatic rings. The van der Waals surface area contributed by atoms with E-state index in [4.69, 9.17) is 0 Å². The molecule has 1 aromatic heterocycles. The van der Waals surface area contributed by atoms with Crippen LogP contribution in [0.4, 0.5) is 4.39 Å². The molecule has 0 aliphatic heterocycles. The molecule has 0 saturated heterocycles. The van der Waals surface area contributed by atoms with Gasteiger partial charge in [0.15, 0.2) is 6.29 Å². The van der Waals surface area contributed by atoms with Gasteiger partial charge in [-0.05, 0) is 33.4 Å². The maximum Gasteiger partial charge on any atom is 0.151 e. The van der Waals surface area contributed by atoms with Crippen molar-refractivity contribution in [3.05, 3.63) is 33.4 Å². The van der Waals surface area contributed by atoms with Gasteiger partial charge in [0.25, 0.3) is 0 Å². The van der Waals surface area contributed by atoms with Crippen LogP contribution in [0.15, 0.2) is 22.0 Å². The van der Waals surface area contributed by atoms with E-state index in [0.29, 0.717) is 11.8 Å². The second-order valence-corrected chi connectivity index (χ2v) is 4.28. The molecule has 2 aromatic rings. The molecule has 0 aliphatic carbocycles. The maximum absolute atomic E-state index is 13.2. The summed E-state index contributed by atoms with van der Waals surface area (Å²) in [5.41, 5.74) is 0.385. The first-order valence-electron chi connectivity index (χ1n) is 3.54. The van der Waals surface area contributed by atoms with Gasteiger partial charge in [-0.3, -0.25) is 4.79 Å². The fourth-order valence-electron chi connectivity index (χ4n) is 1.20. The summed E-state index contributed by atoms with van der Waals surface area (Å²) in [4.78, 5) is 10.7. The number of rotatable bonds is 1. The van der Waals surface area contributed by atoms with Crippen molar-refractivity contribution < 1.29 is 9.18 Å². The molecule has 1 aromatic carbocycles. The lowest BCUT2D eigenvalue weighted by molar-refractivity contribution is 0.112. The number of fused-ring (bicyclic) bond motifs is 1. The Labute approximate surface area is 86.3 Å². The highest BCUT2D eigenvalue weighted by molar-refractivity contribution is 9.10. The molecule has 0 radical (unpaired) electrons. The molecule has 13 heavy (non-hydrogen) atoms. The number of carbonyl (C=O) groups is 1. The summed E-state index contributed by atoms with van der Waals surface area (Å²) in [7, 11) is 0. The van der Waals surface area contributed by atoms with Gasteiger partial charge in [0.2, 0.25) is 0 Å². The third kappa shape index (κ3) is 1.30. The smallest absolute Gasteiger partial charge is 0.151 e. The molecule has 0 fully saturated rings. The fourth-order valence-corrected chi connectivity index (χ4v) is 2.44. The molecule has 1 nitrogen and oxygen atoms in total. The zero-order chi connectivity index (χ0) is 9.42. The minimum Gasteiger partial charge on any atom is -0.298 e. The van der Waals surface area contributed by atoms with Crippen LogP contribution in [0.1, 0.15) is 10.4 Å². The number of hydrogen-bond acceptors (Lipinski definition) is 2. The molecule has 66 valence electrons. The normalized spacial score (nSPS) is 10.6. The fraction of sp³-hybridized carbons (Fsp3) is 0. The molecule has 0 N–H and O–H groups in total. The van der Waals surface area contributed by atoms with E-state index >= 15 is 0 Å². The Hall–Kier alpha value is -0.740. The molecule has 0 amide bonds. The van der Waals surface area contributed by atoms with E-state index < -0.39 is 5.82 Å². The van der Waals surface area contributed by atoms with Crippen molar-refractivity contribution in [2.24, 2.45) is 0 Å². The van der Waals surface area contributed by atoms with Crippen LogP contribution in [0.5, 0.6) is 0 Å². The molecule has 1 heterocycles. The van der Waals surface area contributed by atoms with Crippen LogP contribution < -0.4 is 0 Å². The van der Waals surface area contributed by atoms with Crippen molar-refractivity contribution >= 4 is 43.6 Å². The van der Waals surface area contributed by atoms with Gasteiger partial charge in [-0.15, -0.1) is 11.3 Å². The van der Waals surface area contributed by atoms with Crippen molar-refractivity contribution in [2.45, 2.75) is 0 Å². The average molecular weight is 259 g/mol. The first-order valence-corrected chi connectivity index (χ1v) is 5.21. The Morgan fingerprint density at radius 3 is 3.00 bits per heavy atom. The Kier molecular flexibility index (Phi) is 2.17. The molecule has 0 atom stereocenters. The first-order chi connectivity index (χ1) is 6.24. The van der Waals surface area contributed by atoms with Gasteiger partial charge in [-0.2, -0.15) is 0 Å². The molecule has 0 unspecified atom stereocenters. The lowest BCUT2D eigenvalue weighted by Gasteiger charge is -1.99. The second kappa shape index (κ2) is 3.20. The summed E-state index contributed by atoms with van der Waals surface area (Å²) in [6.07, 6.45) is 0.669. The van der Waals surface area contributed by atoms with Crippen molar-refractivity contribution in [1.82, 2.24) is 0 Å². The number of carbonyl (C=O) groups excluding carboxylic acids is 1. The molecule has 4 heteroatoms. The lowest BCUT2D eigenvalue weighted by Crippen LogP contribution is -1.87. The lowest BCUT2D eigenvalue weighted by atomic mass is 10.1. The van der Waals surface area contributed by atoms with Gasteiger partial charge in [0.05, 0.1) is 4.47 Å². The molecule has 0 bridgehead atoms. The predicted molar refractivity (Wildman–Crippen MR) is 54.9 cm³/mol. The standard InChI is InChI=1S/C9H4BrFOS/c10-9-6(4-12)5-1-2-13-8(5)3-7(9)11/h1-4H. The van der Waals surface area contributed by atoms with Crippen LogP contribution in [-0.4, -0.2) is 6.29 Å². The van der Waals surface area contributed by atoms with Crippen molar-refractivity contribution in [3.63, 3.8) is 0 Å². The summed E-state index contributed by atoms with van der Waals surface area (Å²) in [5.74, 6) is -0.392. The highest BCUT2D eigenvalue weighted by Crippen LogP contribution is 2.31. The van der Waals surface area contributed by atoms with Gasteiger partial charge in [0.1, 0.15) is 5.82 Å². The maximum atomic E-state index is 13.2. The second-order valence-electron chi connectivity index (χ2n) is 2.54. The van der Waals surface area contributed by atoms with E-state index in [2.05, 4.69) is 15.9 Å². The monoisotopic (exact) mass is 258 g/mol. The summed E-state index contributed by atoms with van der Waals surface area (Å²) in [5, 5.41) is 2.64. The molecular weight excluding hydrogens is 255 g/mol. The van der Waals surface area contributed by atoms with Crippen LogP contribution in [0.3, 0.4) is 0 Å². The summed E-state index contributed by atoms with van der Waals surface area (Å²) >= 11 is 4.46. The largest absolute Gasteiger partial charge is 0.298 e. The number of aldehydes is 1. The summed E-state index contributed by atoms with van der Waals surface area (Å²) < 4.78 is 14.2. The van der Waals surface area contributed by atoms with E-state index in [1.807, 2.05) is 11.4 Å². The third-order valence-electron chi connectivity index (χ3n) is 1.81. The number of halogens is 2. The van der Waals surface area contributed by atoms with Gasteiger partial charge in [0, 0.05) is 15.6 Å².